The Bertz CT molecular complexity index is 1350. The number of nitrogens with one attached hydrogen (secondary N) is 2. The fourth-order valence-corrected chi connectivity index (χ4v) is 4.33. The Morgan fingerprint density at radius 3 is 2.80 bits per heavy atom. The summed E-state index contributed by atoms with van der Waals surface area (Å²) in [7, 11) is 0. The van der Waals surface area contributed by atoms with Crippen LogP contribution in [0.3, 0.4) is 0 Å². The molecule has 9 nitrogen and oxygen atoms in total. The number of pyridine rings is 3. The van der Waals surface area contributed by atoms with Crippen molar-refractivity contribution in [2.75, 3.05) is 26.2 Å². The zero-order valence-corrected chi connectivity index (χ0v) is 19.5. The second-order valence-electron chi connectivity index (χ2n) is 8.75. The summed E-state index contributed by atoms with van der Waals surface area (Å²) in [5, 5.41) is 3.57. The second kappa shape index (κ2) is 10.0. The van der Waals surface area contributed by atoms with Gasteiger partial charge in [-0.2, -0.15) is 9.45 Å². The Morgan fingerprint density at radius 2 is 2.09 bits per heavy atom. The molecule has 0 bridgehead atoms. The topological polar surface area (TPSA) is 103 Å². The number of rotatable bonds is 6. The minimum Gasteiger partial charge on any atom is -0.320 e. The molecule has 0 aliphatic carbocycles. The second-order valence-corrected chi connectivity index (χ2v) is 8.75. The third-order valence-electron chi connectivity index (χ3n) is 6.30. The third kappa shape index (κ3) is 5.14. The molecule has 10 heteroatoms. The smallest absolute Gasteiger partial charge is 0.284 e. The van der Waals surface area contributed by atoms with Crippen LogP contribution in [0.4, 0.5) is 4.39 Å². The number of fused-ring (bicyclic) bond motifs is 1. The SMILES string of the molecule is CCc1cc2ncc(CN3CC=C(c4ccc(C(=O)NN5CCCC5)nc4F)CO3)cc2[nH]c1=O. The minimum absolute atomic E-state index is 0.0463. The zero-order chi connectivity index (χ0) is 24.4. The van der Waals surface area contributed by atoms with Crippen LogP contribution in [0.15, 0.2) is 41.3 Å². The van der Waals surface area contributed by atoms with E-state index in [0.717, 1.165) is 37.0 Å². The highest BCUT2D eigenvalue weighted by atomic mass is 19.1. The maximum atomic E-state index is 14.7. The van der Waals surface area contributed by atoms with E-state index in [0.29, 0.717) is 41.7 Å². The monoisotopic (exact) mass is 478 g/mol. The van der Waals surface area contributed by atoms with Crippen LogP contribution in [0.2, 0.25) is 0 Å². The number of hydrogen-bond acceptors (Lipinski definition) is 7. The molecule has 0 saturated carbocycles. The Morgan fingerprint density at radius 1 is 1.26 bits per heavy atom. The number of halogens is 1. The number of hydroxylamine groups is 2. The molecule has 3 aromatic heterocycles. The molecule has 0 atom stereocenters. The van der Waals surface area contributed by atoms with Gasteiger partial charge in [-0.3, -0.25) is 24.8 Å². The number of aryl methyl sites for hydroxylation is 1. The van der Waals surface area contributed by atoms with Gasteiger partial charge in [-0.1, -0.05) is 13.0 Å². The quantitative estimate of drug-likeness (QED) is 0.525. The molecule has 182 valence electrons. The summed E-state index contributed by atoms with van der Waals surface area (Å²) in [6.07, 6.45) is 6.36. The predicted molar refractivity (Wildman–Crippen MR) is 129 cm³/mol. The fourth-order valence-electron chi connectivity index (χ4n) is 4.33. The minimum atomic E-state index is -0.698. The van der Waals surface area contributed by atoms with Crippen molar-refractivity contribution >= 4 is 22.5 Å². The van der Waals surface area contributed by atoms with E-state index in [1.54, 1.807) is 17.3 Å². The van der Waals surface area contributed by atoms with Gasteiger partial charge in [-0.25, -0.2) is 9.99 Å². The molecule has 3 aromatic rings. The molecule has 0 spiro atoms. The number of aromatic amines is 1. The van der Waals surface area contributed by atoms with Crippen LogP contribution < -0.4 is 11.0 Å². The van der Waals surface area contributed by atoms with Crippen molar-refractivity contribution in [2.24, 2.45) is 0 Å². The summed E-state index contributed by atoms with van der Waals surface area (Å²) >= 11 is 0. The average Bonchev–Trinajstić information content (AvgIpc) is 3.37. The predicted octanol–water partition coefficient (Wildman–Crippen LogP) is 2.59. The van der Waals surface area contributed by atoms with Crippen LogP contribution in [0, 0.1) is 5.95 Å². The van der Waals surface area contributed by atoms with Gasteiger partial charge in [-0.05, 0) is 54.7 Å². The number of nitrogens with zero attached hydrogens (tertiary/aromatic N) is 4. The van der Waals surface area contributed by atoms with E-state index in [4.69, 9.17) is 4.84 Å². The first kappa shape index (κ1) is 23.3. The van der Waals surface area contributed by atoms with Crippen molar-refractivity contribution in [2.45, 2.75) is 32.7 Å². The molecule has 5 heterocycles. The standard InChI is InChI=1S/C25H27FN6O3/c1-2-17-12-21-22(29-24(17)33)11-16(13-27-21)14-32-10-7-18(15-35-32)19-5-6-20(28-23(19)26)25(34)30-31-8-3-4-9-31/h5-7,11-13H,2-4,8-10,14-15H2,1H3,(H,29,33)(H,30,34). The van der Waals surface area contributed by atoms with Gasteiger partial charge in [0.15, 0.2) is 0 Å². The van der Waals surface area contributed by atoms with Crippen LogP contribution in [-0.2, 0) is 17.8 Å². The summed E-state index contributed by atoms with van der Waals surface area (Å²) in [6.45, 7) is 4.59. The van der Waals surface area contributed by atoms with E-state index in [-0.39, 0.29) is 17.9 Å². The number of hydrazine groups is 1. The van der Waals surface area contributed by atoms with Gasteiger partial charge in [0, 0.05) is 37.0 Å². The van der Waals surface area contributed by atoms with Crippen molar-refractivity contribution in [3.63, 3.8) is 0 Å². The molecule has 1 fully saturated rings. The van der Waals surface area contributed by atoms with Crippen LogP contribution in [0.5, 0.6) is 0 Å². The Kier molecular flexibility index (Phi) is 6.67. The highest BCUT2D eigenvalue weighted by Gasteiger charge is 2.21. The van der Waals surface area contributed by atoms with E-state index < -0.39 is 11.9 Å². The molecule has 2 aliphatic heterocycles. The van der Waals surface area contributed by atoms with Crippen molar-refractivity contribution in [1.29, 1.82) is 0 Å². The first-order valence-electron chi connectivity index (χ1n) is 11.8. The largest absolute Gasteiger partial charge is 0.320 e. The van der Waals surface area contributed by atoms with Gasteiger partial charge in [-0.15, -0.1) is 0 Å². The van der Waals surface area contributed by atoms with E-state index in [1.807, 2.05) is 30.1 Å². The summed E-state index contributed by atoms with van der Waals surface area (Å²) in [6, 6.07) is 6.80. The lowest BCUT2D eigenvalue weighted by molar-refractivity contribution is -0.150. The molecule has 0 radical (unpaired) electrons. The molecule has 1 amide bonds. The molecular weight excluding hydrogens is 451 g/mol. The number of H-pyrrole nitrogens is 1. The van der Waals surface area contributed by atoms with Gasteiger partial charge in [0.25, 0.3) is 11.5 Å². The van der Waals surface area contributed by atoms with Crippen molar-refractivity contribution < 1.29 is 14.0 Å². The van der Waals surface area contributed by atoms with E-state index >= 15 is 0 Å². The number of carbonyl (C=O) groups is 1. The van der Waals surface area contributed by atoms with Crippen LogP contribution >= 0.6 is 0 Å². The summed E-state index contributed by atoms with van der Waals surface area (Å²) < 4.78 is 14.7. The first-order valence-corrected chi connectivity index (χ1v) is 11.8. The highest BCUT2D eigenvalue weighted by molar-refractivity contribution is 5.92. The van der Waals surface area contributed by atoms with Crippen molar-refractivity contribution in [3.8, 4) is 0 Å². The first-order chi connectivity index (χ1) is 17.0. The lowest BCUT2D eigenvalue weighted by Crippen LogP contribution is -2.40. The molecular formula is C25H27FN6O3. The van der Waals surface area contributed by atoms with Crippen LogP contribution in [-0.4, -0.2) is 57.2 Å². The lowest BCUT2D eigenvalue weighted by Gasteiger charge is -2.26. The molecule has 1 saturated heterocycles. The van der Waals surface area contributed by atoms with Gasteiger partial charge >= 0.3 is 0 Å². The van der Waals surface area contributed by atoms with Crippen molar-refractivity contribution in [1.82, 2.24) is 30.4 Å². The average molecular weight is 479 g/mol. The zero-order valence-electron chi connectivity index (χ0n) is 19.5. The maximum absolute atomic E-state index is 14.7. The molecule has 5 rings (SSSR count). The van der Waals surface area contributed by atoms with Crippen LogP contribution in [0.25, 0.3) is 16.6 Å². The molecule has 35 heavy (non-hydrogen) atoms. The summed E-state index contributed by atoms with van der Waals surface area (Å²) in [5.74, 6) is -1.11. The number of amides is 1. The summed E-state index contributed by atoms with van der Waals surface area (Å²) in [5.41, 5.74) is 6.71. The normalized spacial score (nSPS) is 17.0. The lowest BCUT2D eigenvalue weighted by atomic mass is 10.1. The van der Waals surface area contributed by atoms with E-state index in [2.05, 4.69) is 20.4 Å². The van der Waals surface area contributed by atoms with Gasteiger partial charge in [0.1, 0.15) is 5.69 Å². The fraction of sp³-hybridized carbons (Fsp3) is 0.360. The Balaban J connectivity index is 1.24. The van der Waals surface area contributed by atoms with Crippen molar-refractivity contribution in [3.05, 3.63) is 75.2 Å². The Labute approximate surface area is 201 Å². The van der Waals surface area contributed by atoms with Crippen LogP contribution in [0.1, 0.15) is 46.9 Å². The molecule has 2 aliphatic rings. The number of hydrogen-bond donors (Lipinski definition) is 2. The third-order valence-corrected chi connectivity index (χ3v) is 6.30. The van der Waals surface area contributed by atoms with Gasteiger partial charge in [0.05, 0.1) is 24.2 Å². The highest BCUT2D eigenvalue weighted by Crippen LogP contribution is 2.23. The molecule has 0 unspecified atom stereocenters. The maximum Gasteiger partial charge on any atom is 0.284 e. The van der Waals surface area contributed by atoms with E-state index in [9.17, 15) is 14.0 Å². The van der Waals surface area contributed by atoms with E-state index in [1.165, 1.54) is 6.07 Å². The Hall–Kier alpha value is -3.47. The molecule has 0 aromatic carbocycles. The number of aromatic nitrogens is 3. The molecule has 2 N–H and O–H groups in total. The van der Waals surface area contributed by atoms with Gasteiger partial charge < -0.3 is 4.98 Å². The summed E-state index contributed by atoms with van der Waals surface area (Å²) in [4.78, 5) is 41.5. The van der Waals surface area contributed by atoms with Gasteiger partial charge in [0.2, 0.25) is 5.95 Å². The number of carbonyl (C=O) groups excluding carboxylic acids is 1.